The SMILES string of the molecule is C=O.O=c1[nH]cccc1O.O=c1[nH]cccc1O. The lowest BCUT2D eigenvalue weighted by molar-refractivity contribution is -0.0979. The Labute approximate surface area is 101 Å². The van der Waals surface area contributed by atoms with E-state index >= 15 is 0 Å². The van der Waals surface area contributed by atoms with E-state index in [0.717, 1.165) is 0 Å². The van der Waals surface area contributed by atoms with Crippen LogP contribution in [0.4, 0.5) is 0 Å². The molecule has 0 radical (unpaired) electrons. The van der Waals surface area contributed by atoms with Crippen LogP contribution in [0.15, 0.2) is 46.2 Å². The van der Waals surface area contributed by atoms with Crippen molar-refractivity contribution in [1.82, 2.24) is 9.97 Å². The van der Waals surface area contributed by atoms with E-state index < -0.39 is 11.1 Å². The van der Waals surface area contributed by atoms with Crippen molar-refractivity contribution in [2.24, 2.45) is 0 Å². The van der Waals surface area contributed by atoms with Crippen LogP contribution >= 0.6 is 0 Å². The quantitative estimate of drug-likeness (QED) is 0.524. The minimum absolute atomic E-state index is 0.243. The Morgan fingerprint density at radius 1 is 0.833 bits per heavy atom. The van der Waals surface area contributed by atoms with E-state index in [0.29, 0.717) is 0 Å². The van der Waals surface area contributed by atoms with Crippen molar-refractivity contribution in [1.29, 1.82) is 0 Å². The molecule has 0 spiro atoms. The summed E-state index contributed by atoms with van der Waals surface area (Å²) in [5.41, 5.74) is -0.903. The molecule has 2 aromatic rings. The van der Waals surface area contributed by atoms with E-state index in [2.05, 4.69) is 9.97 Å². The first-order valence-corrected chi connectivity index (χ1v) is 4.63. The molecule has 0 aliphatic heterocycles. The molecule has 0 fully saturated rings. The van der Waals surface area contributed by atoms with Crippen molar-refractivity contribution in [3.05, 3.63) is 57.4 Å². The van der Waals surface area contributed by atoms with Gasteiger partial charge in [-0.15, -0.1) is 0 Å². The maximum absolute atomic E-state index is 10.3. The minimum atomic E-state index is -0.451. The van der Waals surface area contributed by atoms with Crippen molar-refractivity contribution < 1.29 is 15.0 Å². The van der Waals surface area contributed by atoms with Crippen molar-refractivity contribution in [2.45, 2.75) is 0 Å². The molecule has 2 aromatic heterocycles. The van der Waals surface area contributed by atoms with Gasteiger partial charge in [0.2, 0.25) is 0 Å². The van der Waals surface area contributed by atoms with Crippen LogP contribution in [-0.4, -0.2) is 27.0 Å². The Morgan fingerprint density at radius 2 is 1.17 bits per heavy atom. The van der Waals surface area contributed by atoms with E-state index in [9.17, 15) is 9.59 Å². The molecule has 18 heavy (non-hydrogen) atoms. The number of rotatable bonds is 0. The van der Waals surface area contributed by atoms with Gasteiger partial charge in [0.1, 0.15) is 6.79 Å². The van der Waals surface area contributed by atoms with Crippen LogP contribution in [-0.2, 0) is 4.79 Å². The van der Waals surface area contributed by atoms with Gasteiger partial charge in [0.15, 0.2) is 11.5 Å². The predicted octanol–water partition coefficient (Wildman–Crippen LogP) is -0.0239. The lowest BCUT2D eigenvalue weighted by Crippen LogP contribution is -2.01. The van der Waals surface area contributed by atoms with E-state index in [4.69, 9.17) is 15.0 Å². The zero-order valence-corrected chi connectivity index (χ0v) is 9.29. The molecule has 0 aliphatic carbocycles. The molecule has 0 unspecified atom stereocenters. The molecular formula is C11H12N2O5. The monoisotopic (exact) mass is 252 g/mol. The van der Waals surface area contributed by atoms with Crippen LogP contribution in [0.1, 0.15) is 0 Å². The van der Waals surface area contributed by atoms with Gasteiger partial charge in [-0.25, -0.2) is 0 Å². The fourth-order valence-corrected chi connectivity index (χ4v) is 0.825. The normalized spacial score (nSPS) is 8.22. The van der Waals surface area contributed by atoms with Crippen molar-refractivity contribution in [3.63, 3.8) is 0 Å². The van der Waals surface area contributed by atoms with Crippen LogP contribution in [0.25, 0.3) is 0 Å². The van der Waals surface area contributed by atoms with Gasteiger partial charge in [0.05, 0.1) is 0 Å². The molecule has 0 saturated carbocycles. The zero-order chi connectivity index (χ0) is 14.0. The Hall–Kier alpha value is -2.83. The van der Waals surface area contributed by atoms with E-state index in [-0.39, 0.29) is 11.5 Å². The fourth-order valence-electron chi connectivity index (χ4n) is 0.825. The van der Waals surface area contributed by atoms with Gasteiger partial charge in [0.25, 0.3) is 11.1 Å². The van der Waals surface area contributed by atoms with Gasteiger partial charge in [-0.3, -0.25) is 9.59 Å². The summed E-state index contributed by atoms with van der Waals surface area (Å²) in [7, 11) is 0. The van der Waals surface area contributed by atoms with Crippen molar-refractivity contribution in [2.75, 3.05) is 0 Å². The van der Waals surface area contributed by atoms with Gasteiger partial charge >= 0.3 is 0 Å². The summed E-state index contributed by atoms with van der Waals surface area (Å²) < 4.78 is 0. The Bertz CT molecular complexity index is 524. The summed E-state index contributed by atoms with van der Waals surface area (Å²) in [5.74, 6) is -0.486. The molecule has 2 heterocycles. The topological polar surface area (TPSA) is 123 Å². The van der Waals surface area contributed by atoms with E-state index in [1.54, 1.807) is 12.1 Å². The maximum atomic E-state index is 10.3. The second kappa shape index (κ2) is 8.34. The number of hydrogen-bond donors (Lipinski definition) is 4. The number of aromatic hydroxyl groups is 2. The number of H-pyrrole nitrogens is 2. The van der Waals surface area contributed by atoms with Crippen LogP contribution < -0.4 is 11.1 Å². The first-order chi connectivity index (χ1) is 8.61. The van der Waals surface area contributed by atoms with Crippen molar-refractivity contribution in [3.8, 4) is 11.5 Å². The third-order valence-electron chi connectivity index (χ3n) is 1.59. The summed E-state index contributed by atoms with van der Waals surface area (Å²) in [5, 5.41) is 17.2. The average Bonchev–Trinajstić information content (AvgIpc) is 2.40. The molecular weight excluding hydrogens is 240 g/mol. The van der Waals surface area contributed by atoms with Crippen LogP contribution in [0.5, 0.6) is 11.5 Å². The second-order valence-corrected chi connectivity index (χ2v) is 2.77. The smallest absolute Gasteiger partial charge is 0.290 e. The molecule has 0 saturated heterocycles. The summed E-state index contributed by atoms with van der Waals surface area (Å²) in [6.07, 6.45) is 2.92. The molecule has 0 aromatic carbocycles. The molecule has 2 rings (SSSR count). The molecule has 7 heteroatoms. The van der Waals surface area contributed by atoms with Gasteiger partial charge in [-0.05, 0) is 24.3 Å². The first-order valence-electron chi connectivity index (χ1n) is 4.63. The number of nitrogens with one attached hydrogen (secondary N) is 2. The number of pyridine rings is 2. The summed E-state index contributed by atoms with van der Waals surface area (Å²) in [4.78, 5) is 33.2. The number of aromatic amines is 2. The lowest BCUT2D eigenvalue weighted by Gasteiger charge is -1.83. The summed E-state index contributed by atoms with van der Waals surface area (Å²) >= 11 is 0. The number of hydrogen-bond acceptors (Lipinski definition) is 5. The zero-order valence-electron chi connectivity index (χ0n) is 9.29. The highest BCUT2D eigenvalue weighted by atomic mass is 16.3. The second-order valence-electron chi connectivity index (χ2n) is 2.77. The highest BCUT2D eigenvalue weighted by Gasteiger charge is 1.87. The molecule has 0 bridgehead atoms. The minimum Gasteiger partial charge on any atom is -0.503 e. The van der Waals surface area contributed by atoms with E-state index in [1.807, 2.05) is 6.79 Å². The average molecular weight is 252 g/mol. The molecule has 7 nitrogen and oxygen atoms in total. The fraction of sp³-hybridized carbons (Fsp3) is 0. The van der Waals surface area contributed by atoms with Gasteiger partial charge < -0.3 is 25.0 Å². The van der Waals surface area contributed by atoms with Crippen LogP contribution in [0.2, 0.25) is 0 Å². The van der Waals surface area contributed by atoms with Crippen LogP contribution in [0, 0.1) is 0 Å². The largest absolute Gasteiger partial charge is 0.503 e. The predicted molar refractivity (Wildman–Crippen MR) is 64.6 cm³/mol. The third kappa shape index (κ3) is 5.31. The number of aromatic nitrogens is 2. The Kier molecular flexibility index (Phi) is 7.03. The van der Waals surface area contributed by atoms with Crippen molar-refractivity contribution >= 4 is 6.79 Å². The molecule has 96 valence electrons. The summed E-state index contributed by atoms with van der Waals surface area (Å²) in [6.45, 7) is 2.00. The highest BCUT2D eigenvalue weighted by Crippen LogP contribution is 1.92. The van der Waals surface area contributed by atoms with Gasteiger partial charge in [-0.2, -0.15) is 0 Å². The highest BCUT2D eigenvalue weighted by molar-refractivity contribution is 5.13. The Balaban J connectivity index is 0.000000283. The Morgan fingerprint density at radius 3 is 1.33 bits per heavy atom. The van der Waals surface area contributed by atoms with Crippen LogP contribution in [0.3, 0.4) is 0 Å². The van der Waals surface area contributed by atoms with Gasteiger partial charge in [0, 0.05) is 12.4 Å². The molecule has 0 atom stereocenters. The van der Waals surface area contributed by atoms with Gasteiger partial charge in [-0.1, -0.05) is 0 Å². The maximum Gasteiger partial charge on any atom is 0.290 e. The summed E-state index contributed by atoms with van der Waals surface area (Å²) in [6, 6.07) is 5.77. The third-order valence-corrected chi connectivity index (χ3v) is 1.59. The number of carbonyl (C=O) groups is 1. The number of carbonyl (C=O) groups excluding carboxylic acids is 1. The van der Waals surface area contributed by atoms with E-state index in [1.165, 1.54) is 24.5 Å². The molecule has 0 aliphatic rings. The first kappa shape index (κ1) is 15.2. The standard InChI is InChI=1S/2C5H5NO2.CH2O/c2*7-4-2-1-3-6-5(4)8;1-2/h2*1-3,7H,(H,6,8);1H2. The lowest BCUT2D eigenvalue weighted by atomic mass is 10.5. The molecule has 0 amide bonds. The molecule has 4 N–H and O–H groups in total.